The van der Waals surface area contributed by atoms with Crippen molar-refractivity contribution in [2.45, 2.75) is 31.8 Å². The molecule has 0 aromatic carbocycles. The van der Waals surface area contributed by atoms with Crippen LogP contribution in [0.1, 0.15) is 19.3 Å². The maximum atomic E-state index is 12.8. The monoisotopic (exact) mass is 412 g/mol. The summed E-state index contributed by atoms with van der Waals surface area (Å²) >= 11 is 0. The molecular weight excluding hydrogens is 384 g/mol. The Kier molecular flexibility index (Phi) is 5.67. The number of rotatable bonds is 7. The first-order valence-corrected chi connectivity index (χ1v) is 10.3. The van der Waals surface area contributed by atoms with Crippen LogP contribution in [0.25, 0.3) is 11.2 Å². The Morgan fingerprint density at radius 1 is 1.27 bits per heavy atom. The van der Waals surface area contributed by atoms with Crippen LogP contribution in [0.3, 0.4) is 0 Å². The van der Waals surface area contributed by atoms with Gasteiger partial charge in [0.25, 0.3) is 5.56 Å². The predicted octanol–water partition coefficient (Wildman–Crippen LogP) is 0.215. The number of hydrogen-bond acceptors (Lipinski definition) is 7. The van der Waals surface area contributed by atoms with E-state index in [1.165, 1.54) is 9.13 Å². The van der Waals surface area contributed by atoms with Gasteiger partial charge in [-0.3, -0.25) is 13.9 Å². The van der Waals surface area contributed by atoms with Gasteiger partial charge in [0.15, 0.2) is 17.0 Å². The quantitative estimate of drug-likeness (QED) is 0.548. The normalized spacial score (nSPS) is 16.8. The maximum absolute atomic E-state index is 12.8. The number of aryl methyl sites for hydroxylation is 2. The van der Waals surface area contributed by atoms with Crippen molar-refractivity contribution in [2.24, 2.45) is 14.1 Å². The molecule has 160 valence electrons. The van der Waals surface area contributed by atoms with Crippen LogP contribution in [0.4, 0.5) is 5.82 Å². The fourth-order valence-corrected chi connectivity index (χ4v) is 4.32. The molecule has 10 nitrogen and oxygen atoms in total. The van der Waals surface area contributed by atoms with E-state index in [2.05, 4.69) is 32.0 Å². The first-order chi connectivity index (χ1) is 14.5. The van der Waals surface area contributed by atoms with E-state index in [0.717, 1.165) is 38.3 Å². The summed E-state index contributed by atoms with van der Waals surface area (Å²) in [7, 11) is 5.50. The Morgan fingerprint density at radius 2 is 2.10 bits per heavy atom. The van der Waals surface area contributed by atoms with Gasteiger partial charge in [-0.1, -0.05) is 0 Å². The summed E-state index contributed by atoms with van der Waals surface area (Å²) in [6, 6.07) is 4.31. The van der Waals surface area contributed by atoms with Gasteiger partial charge in [-0.15, -0.1) is 5.10 Å². The Labute approximate surface area is 174 Å². The van der Waals surface area contributed by atoms with Crippen molar-refractivity contribution in [1.82, 2.24) is 33.8 Å². The zero-order valence-corrected chi connectivity index (χ0v) is 17.7. The predicted molar refractivity (Wildman–Crippen MR) is 115 cm³/mol. The molecule has 1 saturated heterocycles. The molecule has 0 bridgehead atoms. The van der Waals surface area contributed by atoms with E-state index in [-0.39, 0.29) is 11.2 Å². The van der Waals surface area contributed by atoms with Crippen LogP contribution in [-0.2, 0) is 20.6 Å². The Hall–Kier alpha value is -3.01. The summed E-state index contributed by atoms with van der Waals surface area (Å²) in [5.74, 6) is 0.924. The number of fused-ring (bicyclic) bond motifs is 1. The molecule has 0 saturated carbocycles. The Balaban J connectivity index is 1.39. The topological polar surface area (TPSA) is 94.1 Å². The Morgan fingerprint density at radius 3 is 2.87 bits per heavy atom. The number of imidazole rings is 1. The van der Waals surface area contributed by atoms with Crippen molar-refractivity contribution in [1.29, 1.82) is 0 Å². The second-order valence-corrected chi connectivity index (χ2v) is 8.01. The van der Waals surface area contributed by atoms with Gasteiger partial charge in [-0.2, -0.15) is 5.10 Å². The molecule has 0 aliphatic carbocycles. The van der Waals surface area contributed by atoms with E-state index >= 15 is 0 Å². The van der Waals surface area contributed by atoms with Crippen molar-refractivity contribution in [3.05, 3.63) is 45.5 Å². The number of anilines is 1. The smallest absolute Gasteiger partial charge is 0.332 e. The average Bonchev–Trinajstić information content (AvgIpc) is 3.36. The molecule has 4 heterocycles. The zero-order chi connectivity index (χ0) is 21.3. The van der Waals surface area contributed by atoms with Crippen molar-refractivity contribution in [3.63, 3.8) is 0 Å². The average molecular weight is 412 g/mol. The third-order valence-corrected chi connectivity index (χ3v) is 5.87. The molecule has 3 aromatic rings. The van der Waals surface area contributed by atoms with Crippen molar-refractivity contribution in [3.8, 4) is 0 Å². The van der Waals surface area contributed by atoms with Crippen molar-refractivity contribution < 1.29 is 0 Å². The third-order valence-electron chi connectivity index (χ3n) is 5.87. The molecule has 1 atom stereocenters. The van der Waals surface area contributed by atoms with Crippen LogP contribution < -0.4 is 16.1 Å². The van der Waals surface area contributed by atoms with Gasteiger partial charge in [0.2, 0.25) is 0 Å². The molecule has 0 radical (unpaired) electrons. The van der Waals surface area contributed by atoms with E-state index < -0.39 is 0 Å². The minimum atomic E-state index is -0.321. The van der Waals surface area contributed by atoms with Gasteiger partial charge in [-0.05, 0) is 45.0 Å². The lowest BCUT2D eigenvalue weighted by molar-refractivity contribution is 0.298. The molecule has 1 aliphatic heterocycles. The number of likely N-dealkylation sites (N-methyl/N-ethyl adjacent to an activating group) is 1. The molecule has 1 unspecified atom stereocenters. The van der Waals surface area contributed by atoms with Gasteiger partial charge in [-0.25, -0.2) is 9.78 Å². The lowest BCUT2D eigenvalue weighted by atomic mass is 10.2. The standard InChI is InChI=1S/C20H28N8O2/c1-24(13-15-7-5-11-27(15)16-8-4-9-22-23-16)10-6-12-28-19(29)17-18(21-14-25(17)2)26(3)20(28)30/h4,8-9,14-15H,5-7,10-13H2,1-3H3. The molecule has 30 heavy (non-hydrogen) atoms. The van der Waals surface area contributed by atoms with Crippen molar-refractivity contribution in [2.75, 3.05) is 31.6 Å². The van der Waals surface area contributed by atoms with Gasteiger partial charge in [0.1, 0.15) is 0 Å². The number of aromatic nitrogens is 6. The summed E-state index contributed by atoms with van der Waals surface area (Å²) in [6.07, 6.45) is 6.24. The van der Waals surface area contributed by atoms with E-state index in [1.807, 2.05) is 12.1 Å². The highest BCUT2D eigenvalue weighted by molar-refractivity contribution is 5.69. The van der Waals surface area contributed by atoms with Crippen molar-refractivity contribution >= 4 is 17.0 Å². The van der Waals surface area contributed by atoms with Crippen LogP contribution in [0, 0.1) is 0 Å². The van der Waals surface area contributed by atoms with Crippen LogP contribution in [-0.4, -0.2) is 66.5 Å². The molecule has 3 aromatic heterocycles. The summed E-state index contributed by atoms with van der Waals surface area (Å²) in [5, 5.41) is 8.25. The van der Waals surface area contributed by atoms with Crippen LogP contribution in [0.15, 0.2) is 34.2 Å². The largest absolute Gasteiger partial charge is 0.351 e. The fraction of sp³-hybridized carbons (Fsp3) is 0.550. The lowest BCUT2D eigenvalue weighted by Gasteiger charge is -2.29. The first kappa shape index (κ1) is 20.3. The number of nitrogens with zero attached hydrogens (tertiary/aromatic N) is 8. The SMILES string of the molecule is CN(CCCn1c(=O)c2c(ncn2C)n(C)c1=O)CC1CCCN1c1cccnn1. The molecule has 0 spiro atoms. The summed E-state index contributed by atoms with van der Waals surface area (Å²) in [5.41, 5.74) is 0.279. The molecule has 0 N–H and O–H groups in total. The second-order valence-electron chi connectivity index (χ2n) is 8.01. The Bertz CT molecular complexity index is 1130. The number of hydrogen-bond donors (Lipinski definition) is 0. The molecular formula is C20H28N8O2. The van der Waals surface area contributed by atoms with Crippen LogP contribution >= 0.6 is 0 Å². The van der Waals surface area contributed by atoms with Gasteiger partial charge in [0, 0.05) is 46.0 Å². The van der Waals surface area contributed by atoms with Gasteiger partial charge in [0.05, 0.1) is 6.33 Å². The summed E-state index contributed by atoms with van der Waals surface area (Å²) < 4.78 is 4.43. The fourth-order valence-electron chi connectivity index (χ4n) is 4.32. The highest BCUT2D eigenvalue weighted by Gasteiger charge is 2.26. The molecule has 10 heteroatoms. The molecule has 4 rings (SSSR count). The van der Waals surface area contributed by atoms with Gasteiger partial charge >= 0.3 is 5.69 Å². The van der Waals surface area contributed by atoms with Crippen LogP contribution in [0.5, 0.6) is 0 Å². The summed E-state index contributed by atoms with van der Waals surface area (Å²) in [4.78, 5) is 34.2. The first-order valence-electron chi connectivity index (χ1n) is 10.3. The summed E-state index contributed by atoms with van der Waals surface area (Å²) in [6.45, 7) is 3.08. The maximum Gasteiger partial charge on any atom is 0.332 e. The molecule has 0 amide bonds. The van der Waals surface area contributed by atoms with E-state index in [1.54, 1.807) is 31.2 Å². The van der Waals surface area contributed by atoms with Gasteiger partial charge < -0.3 is 14.4 Å². The second kappa shape index (κ2) is 8.39. The van der Waals surface area contributed by atoms with E-state index in [9.17, 15) is 9.59 Å². The molecule has 1 fully saturated rings. The highest BCUT2D eigenvalue weighted by atomic mass is 16.2. The van der Waals surface area contributed by atoms with E-state index in [4.69, 9.17) is 0 Å². The highest BCUT2D eigenvalue weighted by Crippen LogP contribution is 2.23. The molecule has 1 aliphatic rings. The lowest BCUT2D eigenvalue weighted by Crippen LogP contribution is -2.41. The minimum Gasteiger partial charge on any atom is -0.351 e. The minimum absolute atomic E-state index is 0.277. The van der Waals surface area contributed by atoms with E-state index in [0.29, 0.717) is 30.2 Å². The van der Waals surface area contributed by atoms with Crippen LogP contribution in [0.2, 0.25) is 0 Å². The third kappa shape index (κ3) is 3.74. The zero-order valence-electron chi connectivity index (χ0n) is 17.7.